The van der Waals surface area contributed by atoms with Crippen molar-refractivity contribution in [3.05, 3.63) is 11.8 Å². The van der Waals surface area contributed by atoms with E-state index in [0.29, 0.717) is 12.1 Å². The molecular weight excluding hydrogens is 242 g/mol. The third kappa shape index (κ3) is 2.25. The molecule has 5 heteroatoms. The Bertz CT molecular complexity index is 458. The van der Waals surface area contributed by atoms with E-state index in [-0.39, 0.29) is 5.41 Å². The number of hydrogen-bond acceptors (Lipinski definition) is 4. The lowest BCUT2D eigenvalue weighted by Gasteiger charge is -2.44. The summed E-state index contributed by atoms with van der Waals surface area (Å²) in [6.45, 7) is 10.3. The van der Waals surface area contributed by atoms with Crippen molar-refractivity contribution in [2.24, 2.45) is 0 Å². The van der Waals surface area contributed by atoms with Gasteiger partial charge >= 0.3 is 0 Å². The molecule has 0 unspecified atom stereocenters. The van der Waals surface area contributed by atoms with Gasteiger partial charge in [0.05, 0.1) is 24.9 Å². The third-order valence-corrected chi connectivity index (χ3v) is 4.12. The Hall–Kier alpha value is -1.07. The molecule has 1 saturated heterocycles. The van der Waals surface area contributed by atoms with Gasteiger partial charge in [-0.25, -0.2) is 4.68 Å². The summed E-state index contributed by atoms with van der Waals surface area (Å²) in [7, 11) is 1.78. The van der Waals surface area contributed by atoms with Gasteiger partial charge in [0, 0.05) is 25.8 Å². The first-order valence-electron chi connectivity index (χ1n) is 6.95. The van der Waals surface area contributed by atoms with Crippen LogP contribution in [0.15, 0.2) is 6.20 Å². The van der Waals surface area contributed by atoms with Crippen LogP contribution in [0.4, 0.5) is 0 Å². The average molecular weight is 265 g/mol. The zero-order valence-corrected chi connectivity index (χ0v) is 12.2. The van der Waals surface area contributed by atoms with Gasteiger partial charge in [0.25, 0.3) is 0 Å². The Kier molecular flexibility index (Phi) is 3.06. The lowest BCUT2D eigenvalue weighted by molar-refractivity contribution is -0.0685. The Balaban J connectivity index is 1.70. The number of aromatic nitrogens is 2. The van der Waals surface area contributed by atoms with Crippen molar-refractivity contribution in [2.45, 2.75) is 44.9 Å². The second-order valence-electron chi connectivity index (χ2n) is 6.57. The molecule has 106 valence electrons. The molecule has 0 amide bonds. The normalized spacial score (nSPS) is 24.7. The van der Waals surface area contributed by atoms with Crippen LogP contribution in [0, 0.1) is 0 Å². The molecule has 5 nitrogen and oxygen atoms in total. The molecule has 3 rings (SSSR count). The molecule has 0 aromatic carbocycles. The molecule has 0 saturated carbocycles. The van der Waals surface area contributed by atoms with Crippen LogP contribution in [0.2, 0.25) is 0 Å². The van der Waals surface area contributed by atoms with E-state index in [1.807, 2.05) is 10.9 Å². The first-order chi connectivity index (χ1) is 8.99. The summed E-state index contributed by atoms with van der Waals surface area (Å²) in [5.74, 6) is 0.951. The number of nitrogens with zero attached hydrogens (tertiary/aromatic N) is 3. The molecule has 1 aromatic rings. The molecule has 1 atom stereocenters. The van der Waals surface area contributed by atoms with Gasteiger partial charge in [-0.3, -0.25) is 4.90 Å². The number of methoxy groups -OCH3 is 1. The molecular formula is C14H23N3O2. The lowest BCUT2D eigenvalue weighted by atomic mass is 9.89. The number of hydrogen-bond donors (Lipinski definition) is 0. The summed E-state index contributed by atoms with van der Waals surface area (Å²) in [6.07, 6.45) is 2.34. The minimum absolute atomic E-state index is 0.0817. The number of rotatable bonds is 2. The first kappa shape index (κ1) is 12.9. The van der Waals surface area contributed by atoms with Gasteiger partial charge in [-0.15, -0.1) is 0 Å². The maximum absolute atomic E-state index is 5.98. The fourth-order valence-electron chi connectivity index (χ4n) is 2.74. The van der Waals surface area contributed by atoms with Gasteiger partial charge in [0.15, 0.2) is 0 Å². The second kappa shape index (κ2) is 4.49. The van der Waals surface area contributed by atoms with E-state index in [2.05, 4.69) is 30.8 Å². The Morgan fingerprint density at radius 2 is 2.05 bits per heavy atom. The SMILES string of the molecule is COC1CN([C@@H]2COc3c(C(C)(C)C)cnn3C2)C1. The monoisotopic (exact) mass is 265 g/mol. The Morgan fingerprint density at radius 3 is 2.68 bits per heavy atom. The smallest absolute Gasteiger partial charge is 0.215 e. The van der Waals surface area contributed by atoms with E-state index >= 15 is 0 Å². The summed E-state index contributed by atoms with van der Waals surface area (Å²) in [5.41, 5.74) is 1.28. The maximum Gasteiger partial charge on any atom is 0.215 e. The van der Waals surface area contributed by atoms with Crippen molar-refractivity contribution in [1.82, 2.24) is 14.7 Å². The standard InChI is InChI=1S/C14H23N3O2/c1-14(2,3)12-5-15-17-6-10(9-19-13(12)17)16-7-11(8-16)18-4/h5,10-11H,6-9H2,1-4H3/t10-/m0/s1. The fourth-order valence-corrected chi connectivity index (χ4v) is 2.74. The molecule has 2 aliphatic heterocycles. The predicted molar refractivity (Wildman–Crippen MR) is 72.6 cm³/mol. The van der Waals surface area contributed by atoms with E-state index < -0.39 is 0 Å². The number of likely N-dealkylation sites (tertiary alicyclic amines) is 1. The van der Waals surface area contributed by atoms with Crippen LogP contribution < -0.4 is 4.74 Å². The van der Waals surface area contributed by atoms with Crippen molar-refractivity contribution in [3.63, 3.8) is 0 Å². The zero-order chi connectivity index (χ0) is 13.6. The molecule has 0 bridgehead atoms. The van der Waals surface area contributed by atoms with Crippen LogP contribution in [0.25, 0.3) is 0 Å². The largest absolute Gasteiger partial charge is 0.476 e. The summed E-state index contributed by atoms with van der Waals surface area (Å²) in [6, 6.07) is 0.423. The highest BCUT2D eigenvalue weighted by atomic mass is 16.5. The molecule has 0 radical (unpaired) electrons. The van der Waals surface area contributed by atoms with Gasteiger partial charge in [0.2, 0.25) is 5.88 Å². The highest BCUT2D eigenvalue weighted by molar-refractivity contribution is 5.32. The highest BCUT2D eigenvalue weighted by Gasteiger charge is 2.36. The predicted octanol–water partition coefficient (Wildman–Crippen LogP) is 1.27. The van der Waals surface area contributed by atoms with Crippen LogP contribution in [0.3, 0.4) is 0 Å². The van der Waals surface area contributed by atoms with Crippen LogP contribution in [0.1, 0.15) is 26.3 Å². The van der Waals surface area contributed by atoms with Crippen molar-refractivity contribution >= 4 is 0 Å². The number of fused-ring (bicyclic) bond motifs is 1. The van der Waals surface area contributed by atoms with Crippen molar-refractivity contribution in [3.8, 4) is 5.88 Å². The summed E-state index contributed by atoms with van der Waals surface area (Å²) in [5, 5.41) is 4.49. The number of ether oxygens (including phenoxy) is 2. The molecule has 19 heavy (non-hydrogen) atoms. The molecule has 3 heterocycles. The van der Waals surface area contributed by atoms with Gasteiger partial charge < -0.3 is 9.47 Å². The van der Waals surface area contributed by atoms with Crippen LogP contribution >= 0.6 is 0 Å². The Labute approximate surface area is 114 Å². The lowest BCUT2D eigenvalue weighted by Crippen LogP contribution is -2.59. The van der Waals surface area contributed by atoms with Crippen LogP contribution in [-0.2, 0) is 16.7 Å². The van der Waals surface area contributed by atoms with E-state index in [1.54, 1.807) is 7.11 Å². The molecule has 0 aliphatic carbocycles. The summed E-state index contributed by atoms with van der Waals surface area (Å²) < 4.78 is 13.3. The molecule has 1 aromatic heterocycles. The maximum atomic E-state index is 5.98. The van der Waals surface area contributed by atoms with Gasteiger partial charge in [-0.05, 0) is 5.41 Å². The van der Waals surface area contributed by atoms with Crippen molar-refractivity contribution in [1.29, 1.82) is 0 Å². The first-order valence-corrected chi connectivity index (χ1v) is 6.95. The van der Waals surface area contributed by atoms with E-state index in [0.717, 1.165) is 32.1 Å². The summed E-state index contributed by atoms with van der Waals surface area (Å²) >= 11 is 0. The zero-order valence-electron chi connectivity index (χ0n) is 12.2. The fraction of sp³-hybridized carbons (Fsp3) is 0.786. The van der Waals surface area contributed by atoms with Gasteiger partial charge in [-0.1, -0.05) is 20.8 Å². The highest BCUT2D eigenvalue weighted by Crippen LogP contribution is 2.34. The van der Waals surface area contributed by atoms with Gasteiger partial charge in [-0.2, -0.15) is 5.10 Å². The topological polar surface area (TPSA) is 39.5 Å². The van der Waals surface area contributed by atoms with Gasteiger partial charge in [0.1, 0.15) is 6.61 Å². The quantitative estimate of drug-likeness (QED) is 0.807. The summed E-state index contributed by atoms with van der Waals surface area (Å²) in [4.78, 5) is 2.41. The van der Waals surface area contributed by atoms with E-state index in [4.69, 9.17) is 9.47 Å². The average Bonchev–Trinajstić information content (AvgIpc) is 2.70. The molecule has 2 aliphatic rings. The van der Waals surface area contributed by atoms with E-state index in [1.165, 1.54) is 5.56 Å². The van der Waals surface area contributed by atoms with Crippen molar-refractivity contribution in [2.75, 3.05) is 26.8 Å². The van der Waals surface area contributed by atoms with Crippen LogP contribution in [-0.4, -0.2) is 53.6 Å². The molecule has 1 fully saturated rings. The van der Waals surface area contributed by atoms with Crippen molar-refractivity contribution < 1.29 is 9.47 Å². The third-order valence-electron chi connectivity index (χ3n) is 4.12. The Morgan fingerprint density at radius 1 is 1.32 bits per heavy atom. The molecule has 0 spiro atoms. The molecule has 0 N–H and O–H groups in total. The minimum atomic E-state index is 0.0817. The van der Waals surface area contributed by atoms with E-state index in [9.17, 15) is 0 Å². The minimum Gasteiger partial charge on any atom is -0.476 e. The van der Waals surface area contributed by atoms with Crippen LogP contribution in [0.5, 0.6) is 5.88 Å². The second-order valence-corrected chi connectivity index (χ2v) is 6.57.